The van der Waals surface area contributed by atoms with E-state index in [9.17, 15) is 9.18 Å². The normalized spacial score (nSPS) is 21.9. The van der Waals surface area contributed by atoms with Gasteiger partial charge in [0.05, 0.1) is 0 Å². The molecule has 7 heteroatoms. The van der Waals surface area contributed by atoms with E-state index in [4.69, 9.17) is 0 Å². The molecule has 1 aromatic carbocycles. The van der Waals surface area contributed by atoms with Gasteiger partial charge in [-0.05, 0) is 50.7 Å². The number of aliphatic imine (C=N–C) groups is 1. The lowest BCUT2D eigenvalue weighted by molar-refractivity contribution is -0.136. The van der Waals surface area contributed by atoms with Gasteiger partial charge in [0.1, 0.15) is 5.82 Å². The Bertz CT molecular complexity index is 717. The van der Waals surface area contributed by atoms with E-state index in [0.717, 1.165) is 56.7 Å². The summed E-state index contributed by atoms with van der Waals surface area (Å²) in [5.74, 6) is 1.35. The van der Waals surface area contributed by atoms with Gasteiger partial charge in [0.25, 0.3) is 0 Å². The molecular weight excluding hydrogens is 494 g/mol. The average Bonchev–Trinajstić information content (AvgIpc) is 3.48. The largest absolute Gasteiger partial charge is 0.354 e. The summed E-state index contributed by atoms with van der Waals surface area (Å²) in [4.78, 5) is 19.2. The fourth-order valence-corrected chi connectivity index (χ4v) is 4.27. The summed E-state index contributed by atoms with van der Waals surface area (Å²) in [6.07, 6.45) is 4.60. The van der Waals surface area contributed by atoms with E-state index in [1.807, 2.05) is 24.0 Å². The van der Waals surface area contributed by atoms with Crippen LogP contribution in [0.3, 0.4) is 0 Å². The van der Waals surface area contributed by atoms with Crippen molar-refractivity contribution in [2.24, 2.45) is 10.9 Å². The lowest BCUT2D eigenvalue weighted by Gasteiger charge is -2.35. The number of hydrogen-bond donors (Lipinski definition) is 2. The lowest BCUT2D eigenvalue weighted by Crippen LogP contribution is -2.51. The Morgan fingerprint density at radius 2 is 1.83 bits per heavy atom. The predicted octanol–water partition coefficient (Wildman–Crippen LogP) is 4.28. The maximum absolute atomic E-state index is 14.0. The van der Waals surface area contributed by atoms with Crippen LogP contribution in [0.1, 0.15) is 64.4 Å². The first kappa shape index (κ1) is 24.9. The van der Waals surface area contributed by atoms with E-state index in [1.54, 1.807) is 6.07 Å². The molecule has 0 aromatic heterocycles. The Labute approximate surface area is 197 Å². The fourth-order valence-electron chi connectivity index (χ4n) is 4.27. The summed E-state index contributed by atoms with van der Waals surface area (Å²) in [5, 5.41) is 7.02. The van der Waals surface area contributed by atoms with Gasteiger partial charge in [-0.2, -0.15) is 0 Å². The maximum atomic E-state index is 14.0. The molecular formula is C23H36FIN4O. The van der Waals surface area contributed by atoms with Crippen LogP contribution in [0.4, 0.5) is 4.39 Å². The van der Waals surface area contributed by atoms with E-state index < -0.39 is 0 Å². The van der Waals surface area contributed by atoms with E-state index in [-0.39, 0.29) is 47.7 Å². The number of piperidine rings is 1. The zero-order chi connectivity index (χ0) is 20.8. The van der Waals surface area contributed by atoms with Gasteiger partial charge in [-0.25, -0.2) is 4.39 Å². The van der Waals surface area contributed by atoms with Crippen LogP contribution in [-0.4, -0.2) is 48.5 Å². The molecule has 2 unspecified atom stereocenters. The molecule has 30 heavy (non-hydrogen) atoms. The molecule has 1 saturated heterocycles. The summed E-state index contributed by atoms with van der Waals surface area (Å²) < 4.78 is 14.0. The number of nitrogens with zero attached hydrogens (tertiary/aromatic N) is 2. The van der Waals surface area contributed by atoms with Crippen LogP contribution in [0.25, 0.3) is 0 Å². The van der Waals surface area contributed by atoms with Crippen LogP contribution in [0.5, 0.6) is 0 Å². The SMILES string of the molecule is CCN=C(NC1CCN(C(=O)C(CC)CC)CC1)NC1CC1c1ccccc1F.I. The van der Waals surface area contributed by atoms with Crippen LogP contribution < -0.4 is 10.6 Å². The van der Waals surface area contributed by atoms with Gasteiger partial charge < -0.3 is 15.5 Å². The predicted molar refractivity (Wildman–Crippen MR) is 131 cm³/mol. The number of halogens is 2. The summed E-state index contributed by atoms with van der Waals surface area (Å²) in [7, 11) is 0. The Balaban J connectivity index is 0.00000320. The van der Waals surface area contributed by atoms with Crippen molar-refractivity contribution in [3.8, 4) is 0 Å². The van der Waals surface area contributed by atoms with E-state index in [0.29, 0.717) is 18.5 Å². The highest BCUT2D eigenvalue weighted by atomic mass is 127. The molecule has 2 atom stereocenters. The van der Waals surface area contributed by atoms with Gasteiger partial charge in [0.2, 0.25) is 5.91 Å². The summed E-state index contributed by atoms with van der Waals surface area (Å²) in [6, 6.07) is 7.56. The Hall–Kier alpha value is -1.38. The fraction of sp³-hybridized carbons (Fsp3) is 0.652. The minimum Gasteiger partial charge on any atom is -0.354 e. The molecule has 168 valence electrons. The Kier molecular flexibility index (Phi) is 9.84. The number of carbonyl (C=O) groups is 1. The zero-order valence-corrected chi connectivity index (χ0v) is 20.7. The molecule has 1 saturated carbocycles. The van der Waals surface area contributed by atoms with Gasteiger partial charge in [0, 0.05) is 43.6 Å². The molecule has 0 radical (unpaired) electrons. The number of nitrogens with one attached hydrogen (secondary N) is 2. The van der Waals surface area contributed by atoms with E-state index in [2.05, 4.69) is 29.5 Å². The van der Waals surface area contributed by atoms with Crippen molar-refractivity contribution >= 4 is 35.8 Å². The Morgan fingerprint density at radius 3 is 2.43 bits per heavy atom. The molecule has 2 fully saturated rings. The molecule has 1 aromatic rings. The zero-order valence-electron chi connectivity index (χ0n) is 18.4. The highest BCUT2D eigenvalue weighted by Gasteiger charge is 2.40. The topological polar surface area (TPSA) is 56.7 Å². The van der Waals surface area contributed by atoms with Gasteiger partial charge in [0.15, 0.2) is 5.96 Å². The standard InChI is InChI=1S/C23H35FN4O.HI/c1-4-16(5-2)22(29)28-13-11-17(12-14-28)26-23(25-6-3)27-21-15-19(21)18-9-7-8-10-20(18)24;/h7-10,16-17,19,21H,4-6,11-15H2,1-3H3,(H2,25,26,27);1H. The van der Waals surface area contributed by atoms with Crippen molar-refractivity contribution in [3.05, 3.63) is 35.6 Å². The van der Waals surface area contributed by atoms with Crippen molar-refractivity contribution in [2.45, 2.75) is 70.9 Å². The lowest BCUT2D eigenvalue weighted by atomic mass is 9.98. The molecule has 1 aliphatic carbocycles. The van der Waals surface area contributed by atoms with Crippen molar-refractivity contribution < 1.29 is 9.18 Å². The highest BCUT2D eigenvalue weighted by molar-refractivity contribution is 14.0. The van der Waals surface area contributed by atoms with Gasteiger partial charge in [-0.3, -0.25) is 9.79 Å². The van der Waals surface area contributed by atoms with Crippen LogP contribution >= 0.6 is 24.0 Å². The van der Waals surface area contributed by atoms with Crippen LogP contribution in [0.2, 0.25) is 0 Å². The first-order valence-electron chi connectivity index (χ1n) is 11.2. The Morgan fingerprint density at radius 1 is 1.17 bits per heavy atom. The van der Waals surface area contributed by atoms with Gasteiger partial charge >= 0.3 is 0 Å². The molecule has 2 aliphatic rings. The number of likely N-dealkylation sites (tertiary alicyclic amines) is 1. The number of rotatable bonds is 7. The van der Waals surface area contributed by atoms with Gasteiger partial charge in [-0.15, -0.1) is 24.0 Å². The molecule has 1 amide bonds. The number of amides is 1. The number of guanidine groups is 1. The molecule has 2 N–H and O–H groups in total. The quantitative estimate of drug-likeness (QED) is 0.315. The first-order valence-corrected chi connectivity index (χ1v) is 11.2. The number of carbonyl (C=O) groups excluding carboxylic acids is 1. The second-order valence-electron chi connectivity index (χ2n) is 8.19. The van der Waals surface area contributed by atoms with Crippen molar-refractivity contribution in [2.75, 3.05) is 19.6 Å². The third kappa shape index (κ3) is 6.31. The van der Waals surface area contributed by atoms with Crippen molar-refractivity contribution in [1.82, 2.24) is 15.5 Å². The molecule has 0 bridgehead atoms. The third-order valence-electron chi connectivity index (χ3n) is 6.22. The second-order valence-corrected chi connectivity index (χ2v) is 8.19. The summed E-state index contributed by atoms with van der Waals surface area (Å²) in [5.41, 5.74) is 0.786. The molecule has 0 spiro atoms. The first-order chi connectivity index (χ1) is 14.1. The minimum absolute atomic E-state index is 0. The van der Waals surface area contributed by atoms with Crippen molar-refractivity contribution in [1.29, 1.82) is 0 Å². The smallest absolute Gasteiger partial charge is 0.225 e. The van der Waals surface area contributed by atoms with Crippen LogP contribution in [-0.2, 0) is 4.79 Å². The second kappa shape index (κ2) is 11.9. The van der Waals surface area contributed by atoms with Crippen LogP contribution in [0.15, 0.2) is 29.3 Å². The molecule has 3 rings (SSSR count). The van der Waals surface area contributed by atoms with Crippen LogP contribution in [0, 0.1) is 11.7 Å². The summed E-state index contributed by atoms with van der Waals surface area (Å²) in [6.45, 7) is 8.49. The number of benzene rings is 1. The molecule has 5 nitrogen and oxygen atoms in total. The molecule has 1 aliphatic heterocycles. The van der Waals surface area contributed by atoms with E-state index >= 15 is 0 Å². The average molecular weight is 530 g/mol. The number of hydrogen-bond acceptors (Lipinski definition) is 2. The summed E-state index contributed by atoms with van der Waals surface area (Å²) >= 11 is 0. The third-order valence-corrected chi connectivity index (χ3v) is 6.22. The molecule has 1 heterocycles. The van der Waals surface area contributed by atoms with Crippen molar-refractivity contribution in [3.63, 3.8) is 0 Å². The maximum Gasteiger partial charge on any atom is 0.225 e. The monoisotopic (exact) mass is 530 g/mol. The van der Waals surface area contributed by atoms with E-state index in [1.165, 1.54) is 6.07 Å². The minimum atomic E-state index is -0.127. The van der Waals surface area contributed by atoms with Gasteiger partial charge in [-0.1, -0.05) is 32.0 Å². The highest BCUT2D eigenvalue weighted by Crippen LogP contribution is 2.41.